The number of aliphatic hydroxyl groups excluding tert-OH is 2. The van der Waals surface area contributed by atoms with Crippen LogP contribution in [-0.4, -0.2) is 46.3 Å². The van der Waals surface area contributed by atoms with Crippen molar-refractivity contribution in [3.63, 3.8) is 0 Å². The van der Waals surface area contributed by atoms with Crippen LogP contribution in [0, 0.1) is 5.92 Å². The van der Waals surface area contributed by atoms with Crippen LogP contribution in [0.5, 0.6) is 0 Å². The lowest BCUT2D eigenvalue weighted by molar-refractivity contribution is -0.135. The maximum Gasteiger partial charge on any atom is 0.252 e. The monoisotopic (exact) mass is 171 g/mol. The number of hydrogen-bond acceptors (Lipinski definition) is 3. The van der Waals surface area contributed by atoms with Gasteiger partial charge in [-0.1, -0.05) is 0 Å². The van der Waals surface area contributed by atoms with Gasteiger partial charge in [-0.15, -0.1) is 0 Å². The summed E-state index contributed by atoms with van der Waals surface area (Å²) < 4.78 is 0. The quantitative estimate of drug-likeness (QED) is 0.530. The van der Waals surface area contributed by atoms with Gasteiger partial charge in [-0.2, -0.15) is 0 Å². The number of nitrogens with zero attached hydrogens (tertiary/aromatic N) is 1. The minimum atomic E-state index is -0.958. The van der Waals surface area contributed by atoms with Gasteiger partial charge >= 0.3 is 0 Å². The second-order valence-electron chi connectivity index (χ2n) is 3.53. The van der Waals surface area contributed by atoms with E-state index in [4.69, 9.17) is 5.11 Å². The van der Waals surface area contributed by atoms with Crippen molar-refractivity contribution < 1.29 is 15.0 Å². The van der Waals surface area contributed by atoms with Gasteiger partial charge in [-0.05, 0) is 12.8 Å². The minimum Gasteiger partial charge on any atom is -0.396 e. The Hall–Kier alpha value is -0.610. The van der Waals surface area contributed by atoms with E-state index < -0.39 is 6.10 Å². The summed E-state index contributed by atoms with van der Waals surface area (Å²) in [6, 6.07) is 0.0949. The van der Waals surface area contributed by atoms with Crippen LogP contribution in [0.2, 0.25) is 0 Å². The number of amides is 1. The predicted molar refractivity (Wildman–Crippen MR) is 41.3 cm³/mol. The number of carbonyl (C=O) groups is 1. The summed E-state index contributed by atoms with van der Waals surface area (Å²) in [7, 11) is 0. The molecule has 4 nitrogen and oxygen atoms in total. The Balaban J connectivity index is 2.21. The van der Waals surface area contributed by atoms with E-state index in [1.54, 1.807) is 4.90 Å². The highest BCUT2D eigenvalue weighted by Crippen LogP contribution is 2.33. The molecule has 0 aromatic rings. The lowest BCUT2D eigenvalue weighted by atomic mass is 9.97. The largest absolute Gasteiger partial charge is 0.396 e. The van der Waals surface area contributed by atoms with E-state index in [9.17, 15) is 9.90 Å². The second-order valence-corrected chi connectivity index (χ2v) is 3.53. The summed E-state index contributed by atoms with van der Waals surface area (Å²) >= 11 is 0. The standard InChI is InChI=1S/C8H13NO3/c10-4-5-6-2-1-3-9(6)8(12)7(5)11/h5-7,10-11H,1-4H2/t5-,6-,7+/m1/s1. The molecule has 2 saturated heterocycles. The fourth-order valence-electron chi connectivity index (χ4n) is 2.30. The summed E-state index contributed by atoms with van der Waals surface area (Å²) in [5.74, 6) is -0.448. The van der Waals surface area contributed by atoms with E-state index in [0.29, 0.717) is 0 Å². The van der Waals surface area contributed by atoms with Crippen LogP contribution >= 0.6 is 0 Å². The van der Waals surface area contributed by atoms with Crippen molar-refractivity contribution in [1.29, 1.82) is 0 Å². The molecule has 2 N–H and O–H groups in total. The van der Waals surface area contributed by atoms with Gasteiger partial charge in [0, 0.05) is 18.5 Å². The van der Waals surface area contributed by atoms with E-state index in [1.165, 1.54) is 0 Å². The van der Waals surface area contributed by atoms with Crippen molar-refractivity contribution in [2.24, 2.45) is 5.92 Å². The van der Waals surface area contributed by atoms with Crippen molar-refractivity contribution >= 4 is 5.91 Å². The van der Waals surface area contributed by atoms with Crippen molar-refractivity contribution in [3.8, 4) is 0 Å². The molecule has 0 radical (unpaired) electrons. The highest BCUT2D eigenvalue weighted by atomic mass is 16.3. The molecular weight excluding hydrogens is 158 g/mol. The topological polar surface area (TPSA) is 60.8 Å². The molecular formula is C8H13NO3. The molecule has 3 atom stereocenters. The predicted octanol–water partition coefficient (Wildman–Crippen LogP) is -1.04. The zero-order valence-corrected chi connectivity index (χ0v) is 6.81. The highest BCUT2D eigenvalue weighted by Gasteiger charge is 2.48. The van der Waals surface area contributed by atoms with Crippen LogP contribution in [0.25, 0.3) is 0 Å². The van der Waals surface area contributed by atoms with Gasteiger partial charge in [-0.25, -0.2) is 0 Å². The molecule has 0 unspecified atom stereocenters. The minimum absolute atomic E-state index is 0.0892. The summed E-state index contributed by atoms with van der Waals surface area (Å²) in [5.41, 5.74) is 0. The molecule has 0 bridgehead atoms. The van der Waals surface area contributed by atoms with Gasteiger partial charge in [0.1, 0.15) is 6.10 Å². The summed E-state index contributed by atoms with van der Waals surface area (Å²) in [6.07, 6.45) is 0.966. The van der Waals surface area contributed by atoms with Crippen molar-refractivity contribution in [1.82, 2.24) is 4.90 Å². The fraction of sp³-hybridized carbons (Fsp3) is 0.875. The molecule has 68 valence electrons. The van der Waals surface area contributed by atoms with E-state index in [0.717, 1.165) is 19.4 Å². The number of rotatable bonds is 1. The van der Waals surface area contributed by atoms with Crippen molar-refractivity contribution in [2.45, 2.75) is 25.0 Å². The molecule has 2 aliphatic heterocycles. The van der Waals surface area contributed by atoms with Crippen LogP contribution in [0.1, 0.15) is 12.8 Å². The van der Waals surface area contributed by atoms with Crippen LogP contribution < -0.4 is 0 Å². The third-order valence-corrected chi connectivity index (χ3v) is 2.95. The average Bonchev–Trinajstić information content (AvgIpc) is 2.59. The number of aliphatic hydroxyl groups is 2. The molecule has 0 aromatic carbocycles. The van der Waals surface area contributed by atoms with Gasteiger partial charge in [-0.3, -0.25) is 4.79 Å². The van der Waals surface area contributed by atoms with Crippen molar-refractivity contribution in [3.05, 3.63) is 0 Å². The second kappa shape index (κ2) is 2.71. The maximum absolute atomic E-state index is 11.3. The van der Waals surface area contributed by atoms with E-state index in [2.05, 4.69) is 0 Å². The summed E-state index contributed by atoms with van der Waals surface area (Å²) in [4.78, 5) is 13.0. The zero-order chi connectivity index (χ0) is 8.72. The first-order chi connectivity index (χ1) is 5.75. The Bertz CT molecular complexity index is 206. The van der Waals surface area contributed by atoms with Crippen LogP contribution in [0.15, 0.2) is 0 Å². The molecule has 1 amide bonds. The van der Waals surface area contributed by atoms with Gasteiger partial charge in [0.15, 0.2) is 0 Å². The Kier molecular flexibility index (Phi) is 1.81. The smallest absolute Gasteiger partial charge is 0.252 e. The Morgan fingerprint density at radius 1 is 1.58 bits per heavy atom. The molecule has 0 spiro atoms. The van der Waals surface area contributed by atoms with Crippen molar-refractivity contribution in [2.75, 3.05) is 13.2 Å². The first-order valence-electron chi connectivity index (χ1n) is 4.35. The highest BCUT2D eigenvalue weighted by molar-refractivity contribution is 5.84. The molecule has 0 aliphatic carbocycles. The molecule has 2 aliphatic rings. The van der Waals surface area contributed by atoms with E-state index >= 15 is 0 Å². The first kappa shape index (κ1) is 8.01. The Labute approximate surface area is 70.8 Å². The number of hydrogen-bond donors (Lipinski definition) is 2. The van der Waals surface area contributed by atoms with Crippen LogP contribution in [-0.2, 0) is 4.79 Å². The van der Waals surface area contributed by atoms with Gasteiger partial charge in [0.2, 0.25) is 0 Å². The Morgan fingerprint density at radius 2 is 2.33 bits per heavy atom. The third-order valence-electron chi connectivity index (χ3n) is 2.95. The molecule has 2 heterocycles. The van der Waals surface area contributed by atoms with Gasteiger partial charge in [0.25, 0.3) is 5.91 Å². The van der Waals surface area contributed by atoms with Gasteiger partial charge < -0.3 is 15.1 Å². The van der Waals surface area contributed by atoms with E-state index in [1.807, 2.05) is 0 Å². The molecule has 4 heteroatoms. The number of carbonyl (C=O) groups excluding carboxylic acids is 1. The Morgan fingerprint density at radius 3 is 3.00 bits per heavy atom. The van der Waals surface area contributed by atoms with Crippen LogP contribution in [0.4, 0.5) is 0 Å². The molecule has 2 rings (SSSR count). The molecule has 0 aromatic heterocycles. The lowest BCUT2D eigenvalue weighted by Crippen LogP contribution is -2.30. The summed E-state index contributed by atoms with van der Waals surface area (Å²) in [5, 5.41) is 18.4. The third kappa shape index (κ3) is 0.881. The normalized spacial score (nSPS) is 40.7. The molecule has 12 heavy (non-hydrogen) atoms. The van der Waals surface area contributed by atoms with E-state index in [-0.39, 0.29) is 24.5 Å². The summed E-state index contributed by atoms with van der Waals surface area (Å²) in [6.45, 7) is 0.658. The lowest BCUT2D eigenvalue weighted by Gasteiger charge is -2.17. The average molecular weight is 171 g/mol. The first-order valence-corrected chi connectivity index (χ1v) is 4.35. The maximum atomic E-state index is 11.3. The fourth-order valence-corrected chi connectivity index (χ4v) is 2.30. The number of fused-ring (bicyclic) bond motifs is 1. The van der Waals surface area contributed by atoms with Crippen LogP contribution in [0.3, 0.4) is 0 Å². The van der Waals surface area contributed by atoms with Gasteiger partial charge in [0.05, 0.1) is 6.61 Å². The SMILES string of the molecule is O=C1[C@@H](O)[C@H](CO)[C@H]2CCCN12. The molecule has 0 saturated carbocycles. The molecule has 2 fully saturated rings. The zero-order valence-electron chi connectivity index (χ0n) is 6.81.